The van der Waals surface area contributed by atoms with E-state index in [-0.39, 0.29) is 16.7 Å². The van der Waals surface area contributed by atoms with E-state index in [4.69, 9.17) is 4.74 Å². The van der Waals surface area contributed by atoms with Gasteiger partial charge >= 0.3 is 5.97 Å². The van der Waals surface area contributed by atoms with Gasteiger partial charge in [-0.15, -0.1) is 11.8 Å². The molecule has 0 spiro atoms. The maximum Gasteiger partial charge on any atom is 0.320 e. The quantitative estimate of drug-likeness (QED) is 0.478. The average Bonchev–Trinajstić information content (AvgIpc) is 2.49. The molecule has 3 atom stereocenters. The topological polar surface area (TPSA) is 26.3 Å². The van der Waals surface area contributed by atoms with Crippen LogP contribution < -0.4 is 0 Å². The normalized spacial score (nSPS) is 39.2. The molecule has 0 N–H and O–H groups in total. The van der Waals surface area contributed by atoms with Crippen molar-refractivity contribution in [2.24, 2.45) is 5.92 Å². The average molecular weight is 198 g/mol. The lowest BCUT2D eigenvalue weighted by atomic mass is 9.95. The molecule has 0 aromatic heterocycles. The molecule has 0 radical (unpaired) electrons. The van der Waals surface area contributed by atoms with Gasteiger partial charge in [0.2, 0.25) is 0 Å². The highest BCUT2D eigenvalue weighted by atomic mass is 32.2. The standard InChI is InChI=1S/C10H14O2S/c1-7-9(11)12-10(13-7)8-5-3-2-4-6-8/h2-3,7-8,10H,4-6H2,1H3. The number of hydrogen-bond donors (Lipinski definition) is 0. The van der Waals surface area contributed by atoms with Crippen LogP contribution in [0.2, 0.25) is 0 Å². The fraction of sp³-hybridized carbons (Fsp3) is 0.700. The van der Waals surface area contributed by atoms with Gasteiger partial charge in [0.25, 0.3) is 0 Å². The second kappa shape index (κ2) is 3.74. The molecule has 1 fully saturated rings. The van der Waals surface area contributed by atoms with E-state index < -0.39 is 0 Å². The van der Waals surface area contributed by atoms with Crippen molar-refractivity contribution in [3.8, 4) is 0 Å². The van der Waals surface area contributed by atoms with Crippen molar-refractivity contribution in [3.63, 3.8) is 0 Å². The summed E-state index contributed by atoms with van der Waals surface area (Å²) in [6.07, 6.45) is 7.77. The molecule has 1 saturated heterocycles. The van der Waals surface area contributed by atoms with E-state index in [0.717, 1.165) is 19.3 Å². The van der Waals surface area contributed by atoms with Gasteiger partial charge in [-0.1, -0.05) is 12.2 Å². The van der Waals surface area contributed by atoms with Gasteiger partial charge in [0.15, 0.2) is 5.44 Å². The van der Waals surface area contributed by atoms with Crippen LogP contribution in [0.15, 0.2) is 12.2 Å². The van der Waals surface area contributed by atoms with E-state index in [1.165, 1.54) is 0 Å². The summed E-state index contributed by atoms with van der Waals surface area (Å²) in [7, 11) is 0. The van der Waals surface area contributed by atoms with Crippen LogP contribution in [0.5, 0.6) is 0 Å². The van der Waals surface area contributed by atoms with E-state index in [0.29, 0.717) is 5.92 Å². The van der Waals surface area contributed by atoms with Gasteiger partial charge in [-0.05, 0) is 26.2 Å². The third-order valence-corrected chi connectivity index (χ3v) is 3.95. The molecule has 0 bridgehead atoms. The molecule has 1 aliphatic heterocycles. The zero-order valence-corrected chi connectivity index (χ0v) is 8.55. The molecule has 0 amide bonds. The fourth-order valence-corrected chi connectivity index (χ4v) is 2.96. The summed E-state index contributed by atoms with van der Waals surface area (Å²) in [5.41, 5.74) is 0.118. The summed E-state index contributed by atoms with van der Waals surface area (Å²) in [5.74, 6) is 0.508. The van der Waals surface area contributed by atoms with E-state index in [9.17, 15) is 4.79 Å². The molecule has 0 aromatic carbocycles. The molecule has 1 aliphatic carbocycles. The Morgan fingerprint density at radius 3 is 2.92 bits per heavy atom. The number of esters is 1. The predicted octanol–water partition coefficient (Wildman–Crippen LogP) is 2.35. The third-order valence-electron chi connectivity index (χ3n) is 2.60. The van der Waals surface area contributed by atoms with Crippen molar-refractivity contribution in [2.75, 3.05) is 0 Å². The number of hydrogen-bond acceptors (Lipinski definition) is 3. The first kappa shape index (κ1) is 9.13. The second-order valence-electron chi connectivity index (χ2n) is 3.63. The molecular formula is C10H14O2S. The van der Waals surface area contributed by atoms with E-state index in [1.54, 1.807) is 11.8 Å². The Hall–Kier alpha value is -0.440. The molecular weight excluding hydrogens is 184 g/mol. The van der Waals surface area contributed by atoms with Crippen molar-refractivity contribution in [3.05, 3.63) is 12.2 Å². The van der Waals surface area contributed by atoms with Crippen LogP contribution in [0.1, 0.15) is 26.2 Å². The van der Waals surface area contributed by atoms with Crippen molar-refractivity contribution in [1.82, 2.24) is 0 Å². The maximum absolute atomic E-state index is 11.2. The highest BCUT2D eigenvalue weighted by molar-refractivity contribution is 8.01. The van der Waals surface area contributed by atoms with Gasteiger partial charge in [-0.25, -0.2) is 0 Å². The van der Waals surface area contributed by atoms with Gasteiger partial charge in [0.1, 0.15) is 5.25 Å². The number of cyclic esters (lactones) is 1. The van der Waals surface area contributed by atoms with Gasteiger partial charge in [0, 0.05) is 5.92 Å². The minimum atomic E-state index is -0.0375. The van der Waals surface area contributed by atoms with E-state index in [2.05, 4.69) is 12.2 Å². The minimum absolute atomic E-state index is 0.0375. The van der Waals surface area contributed by atoms with Gasteiger partial charge in [-0.3, -0.25) is 4.79 Å². The highest BCUT2D eigenvalue weighted by Crippen LogP contribution is 2.37. The molecule has 0 saturated carbocycles. The van der Waals surface area contributed by atoms with Gasteiger partial charge in [-0.2, -0.15) is 0 Å². The van der Waals surface area contributed by atoms with E-state index >= 15 is 0 Å². The Bertz CT molecular complexity index is 237. The first-order valence-electron chi connectivity index (χ1n) is 4.78. The smallest absolute Gasteiger partial charge is 0.320 e. The van der Waals surface area contributed by atoms with Crippen LogP contribution in [0.4, 0.5) is 0 Å². The Morgan fingerprint density at radius 1 is 1.54 bits per heavy atom. The zero-order chi connectivity index (χ0) is 9.26. The lowest BCUT2D eigenvalue weighted by molar-refractivity contribution is -0.143. The zero-order valence-electron chi connectivity index (χ0n) is 7.73. The maximum atomic E-state index is 11.2. The van der Waals surface area contributed by atoms with Crippen LogP contribution in [0.3, 0.4) is 0 Å². The molecule has 72 valence electrons. The number of thioether (sulfide) groups is 1. The molecule has 13 heavy (non-hydrogen) atoms. The molecule has 3 heteroatoms. The molecule has 3 unspecified atom stereocenters. The van der Waals surface area contributed by atoms with Crippen molar-refractivity contribution in [2.45, 2.75) is 36.9 Å². The number of carbonyl (C=O) groups is 1. The van der Waals surface area contributed by atoms with Crippen LogP contribution in [0, 0.1) is 5.92 Å². The minimum Gasteiger partial charge on any atom is -0.450 e. The summed E-state index contributed by atoms with van der Waals surface area (Å²) in [5, 5.41) is 0.0379. The highest BCUT2D eigenvalue weighted by Gasteiger charge is 2.36. The van der Waals surface area contributed by atoms with Crippen LogP contribution in [-0.2, 0) is 9.53 Å². The largest absolute Gasteiger partial charge is 0.450 e. The van der Waals surface area contributed by atoms with Crippen LogP contribution in [-0.4, -0.2) is 16.7 Å². The Morgan fingerprint density at radius 2 is 2.38 bits per heavy atom. The summed E-state index contributed by atoms with van der Waals surface area (Å²) in [6.45, 7) is 1.92. The number of carbonyl (C=O) groups excluding carboxylic acids is 1. The number of ether oxygens (including phenoxy) is 1. The molecule has 0 aromatic rings. The Kier molecular flexibility index (Phi) is 2.63. The molecule has 2 aliphatic rings. The summed E-state index contributed by atoms with van der Waals surface area (Å²) in [4.78, 5) is 11.2. The molecule has 2 nitrogen and oxygen atoms in total. The summed E-state index contributed by atoms with van der Waals surface area (Å²) < 4.78 is 5.30. The monoisotopic (exact) mass is 198 g/mol. The SMILES string of the molecule is CC1SC(C2CC=CCC2)OC1=O. The van der Waals surface area contributed by atoms with Crippen LogP contribution >= 0.6 is 11.8 Å². The Balaban J connectivity index is 1.95. The molecule has 2 rings (SSSR count). The van der Waals surface area contributed by atoms with E-state index in [1.807, 2.05) is 6.92 Å². The lowest BCUT2D eigenvalue weighted by Gasteiger charge is -2.22. The number of rotatable bonds is 1. The first-order valence-corrected chi connectivity index (χ1v) is 5.72. The fourth-order valence-electron chi connectivity index (χ4n) is 1.77. The molecule has 1 heterocycles. The Labute approximate surface area is 82.7 Å². The summed E-state index contributed by atoms with van der Waals surface area (Å²) >= 11 is 1.67. The van der Waals surface area contributed by atoms with Gasteiger partial charge in [0.05, 0.1) is 0 Å². The third kappa shape index (κ3) is 1.90. The van der Waals surface area contributed by atoms with Gasteiger partial charge < -0.3 is 4.74 Å². The predicted molar refractivity (Wildman–Crippen MR) is 53.4 cm³/mol. The van der Waals surface area contributed by atoms with Crippen molar-refractivity contribution >= 4 is 17.7 Å². The summed E-state index contributed by atoms with van der Waals surface area (Å²) in [6, 6.07) is 0. The first-order chi connectivity index (χ1) is 6.27. The lowest BCUT2D eigenvalue weighted by Crippen LogP contribution is -2.18. The number of allylic oxidation sites excluding steroid dienone is 2. The van der Waals surface area contributed by atoms with Crippen LogP contribution in [0.25, 0.3) is 0 Å². The van der Waals surface area contributed by atoms with Crippen molar-refractivity contribution in [1.29, 1.82) is 0 Å². The second-order valence-corrected chi connectivity index (χ2v) is 5.07. The van der Waals surface area contributed by atoms with Crippen molar-refractivity contribution < 1.29 is 9.53 Å².